The molecule has 0 atom stereocenters. The highest BCUT2D eigenvalue weighted by molar-refractivity contribution is 5.94. The van der Waals surface area contributed by atoms with Crippen molar-refractivity contribution in [1.82, 2.24) is 5.32 Å². The van der Waals surface area contributed by atoms with Crippen molar-refractivity contribution in [2.75, 3.05) is 0 Å². The Labute approximate surface area is 119 Å². The standard InChI is InChI=1S/C16H22N2O2/c1-11(19)13-4-2-12(3-5-13)10-18-16(20)14-6-8-15(17)9-7-14/h2-5,14-15H,6-10,17H2,1H3,(H,18,20). The fourth-order valence-electron chi connectivity index (χ4n) is 2.57. The van der Waals surface area contributed by atoms with Crippen molar-refractivity contribution in [3.8, 4) is 0 Å². The molecule has 0 saturated heterocycles. The molecule has 108 valence electrons. The van der Waals surface area contributed by atoms with Gasteiger partial charge in [0.2, 0.25) is 5.91 Å². The SMILES string of the molecule is CC(=O)c1ccc(CNC(=O)C2CCC(N)CC2)cc1. The highest BCUT2D eigenvalue weighted by Crippen LogP contribution is 2.23. The van der Waals surface area contributed by atoms with E-state index < -0.39 is 0 Å². The van der Waals surface area contributed by atoms with E-state index in [9.17, 15) is 9.59 Å². The van der Waals surface area contributed by atoms with Gasteiger partial charge in [-0.3, -0.25) is 9.59 Å². The highest BCUT2D eigenvalue weighted by Gasteiger charge is 2.24. The molecule has 0 spiro atoms. The van der Waals surface area contributed by atoms with Crippen molar-refractivity contribution in [1.29, 1.82) is 0 Å². The van der Waals surface area contributed by atoms with Gasteiger partial charge in [0.05, 0.1) is 0 Å². The van der Waals surface area contributed by atoms with Crippen molar-refractivity contribution in [3.05, 3.63) is 35.4 Å². The summed E-state index contributed by atoms with van der Waals surface area (Å²) in [5.41, 5.74) is 7.55. The Morgan fingerprint density at radius 2 is 1.75 bits per heavy atom. The Hall–Kier alpha value is -1.68. The number of hydrogen-bond acceptors (Lipinski definition) is 3. The lowest BCUT2D eigenvalue weighted by atomic mass is 9.86. The lowest BCUT2D eigenvalue weighted by molar-refractivity contribution is -0.126. The average Bonchev–Trinajstić information content (AvgIpc) is 2.46. The molecule has 2 rings (SSSR count). The largest absolute Gasteiger partial charge is 0.352 e. The van der Waals surface area contributed by atoms with Crippen molar-refractivity contribution in [2.45, 2.75) is 45.2 Å². The maximum Gasteiger partial charge on any atom is 0.223 e. The van der Waals surface area contributed by atoms with Gasteiger partial charge in [-0.05, 0) is 38.2 Å². The summed E-state index contributed by atoms with van der Waals surface area (Å²) in [5.74, 6) is 0.276. The fourth-order valence-corrected chi connectivity index (χ4v) is 2.57. The van der Waals surface area contributed by atoms with Crippen LogP contribution in [0.3, 0.4) is 0 Å². The van der Waals surface area contributed by atoms with E-state index in [-0.39, 0.29) is 23.7 Å². The molecule has 0 radical (unpaired) electrons. The smallest absolute Gasteiger partial charge is 0.223 e. The van der Waals surface area contributed by atoms with E-state index in [1.165, 1.54) is 0 Å². The van der Waals surface area contributed by atoms with Crippen LogP contribution in [0.15, 0.2) is 24.3 Å². The predicted octanol–water partition coefficient (Wildman–Crippen LogP) is 2.02. The van der Waals surface area contributed by atoms with E-state index >= 15 is 0 Å². The number of rotatable bonds is 4. The Morgan fingerprint density at radius 1 is 1.15 bits per heavy atom. The molecular formula is C16H22N2O2. The number of nitrogens with one attached hydrogen (secondary N) is 1. The van der Waals surface area contributed by atoms with Gasteiger partial charge >= 0.3 is 0 Å². The lowest BCUT2D eigenvalue weighted by Gasteiger charge is -2.25. The maximum absolute atomic E-state index is 12.0. The molecule has 20 heavy (non-hydrogen) atoms. The Kier molecular flexibility index (Phi) is 4.90. The van der Waals surface area contributed by atoms with Gasteiger partial charge < -0.3 is 11.1 Å². The van der Waals surface area contributed by atoms with Crippen LogP contribution in [0, 0.1) is 5.92 Å². The van der Waals surface area contributed by atoms with Crippen LogP contribution < -0.4 is 11.1 Å². The zero-order valence-electron chi connectivity index (χ0n) is 11.9. The Bertz CT molecular complexity index is 474. The lowest BCUT2D eigenvalue weighted by Crippen LogP contribution is -2.35. The molecular weight excluding hydrogens is 252 g/mol. The van der Waals surface area contributed by atoms with Gasteiger partial charge in [0.1, 0.15) is 0 Å². The Morgan fingerprint density at radius 3 is 2.30 bits per heavy atom. The second-order valence-corrected chi connectivity index (χ2v) is 5.58. The first-order chi connectivity index (χ1) is 9.56. The van der Waals surface area contributed by atoms with Crippen LogP contribution in [0.1, 0.15) is 48.5 Å². The van der Waals surface area contributed by atoms with E-state index in [0.29, 0.717) is 12.1 Å². The first kappa shape index (κ1) is 14.7. The molecule has 0 unspecified atom stereocenters. The normalized spacial score (nSPS) is 22.3. The van der Waals surface area contributed by atoms with Gasteiger partial charge in [-0.2, -0.15) is 0 Å². The van der Waals surface area contributed by atoms with Crippen LogP contribution in [0.25, 0.3) is 0 Å². The van der Waals surface area contributed by atoms with E-state index in [4.69, 9.17) is 5.73 Å². The summed E-state index contributed by atoms with van der Waals surface area (Å²) in [6.07, 6.45) is 3.64. The quantitative estimate of drug-likeness (QED) is 0.825. The maximum atomic E-state index is 12.0. The van der Waals surface area contributed by atoms with Crippen LogP contribution in [-0.2, 0) is 11.3 Å². The number of Topliss-reactive ketones (excluding diaryl/α,β-unsaturated/α-hetero) is 1. The number of nitrogens with two attached hydrogens (primary N) is 1. The van der Waals surface area contributed by atoms with E-state index in [0.717, 1.165) is 31.2 Å². The summed E-state index contributed by atoms with van der Waals surface area (Å²) in [6.45, 7) is 2.06. The summed E-state index contributed by atoms with van der Waals surface area (Å²) in [5, 5.41) is 2.97. The number of hydrogen-bond donors (Lipinski definition) is 2. The monoisotopic (exact) mass is 274 g/mol. The van der Waals surface area contributed by atoms with E-state index in [2.05, 4.69) is 5.32 Å². The van der Waals surface area contributed by atoms with Crippen LogP contribution in [0.2, 0.25) is 0 Å². The summed E-state index contributed by atoms with van der Waals surface area (Å²) in [7, 11) is 0. The first-order valence-electron chi connectivity index (χ1n) is 7.19. The number of carbonyl (C=O) groups is 2. The number of ketones is 1. The van der Waals surface area contributed by atoms with Crippen LogP contribution in [0.4, 0.5) is 0 Å². The summed E-state index contributed by atoms with van der Waals surface area (Å²) < 4.78 is 0. The molecule has 1 aliphatic rings. The highest BCUT2D eigenvalue weighted by atomic mass is 16.1. The molecule has 1 fully saturated rings. The minimum atomic E-state index is 0.0547. The van der Waals surface area contributed by atoms with Crippen LogP contribution in [-0.4, -0.2) is 17.7 Å². The molecule has 0 aromatic heterocycles. The topological polar surface area (TPSA) is 72.2 Å². The zero-order chi connectivity index (χ0) is 14.5. The third kappa shape index (κ3) is 3.90. The van der Waals surface area contributed by atoms with E-state index in [1.807, 2.05) is 12.1 Å². The van der Waals surface area contributed by atoms with Gasteiger partial charge in [0.25, 0.3) is 0 Å². The third-order valence-corrected chi connectivity index (χ3v) is 3.97. The summed E-state index contributed by atoms with van der Waals surface area (Å²) >= 11 is 0. The summed E-state index contributed by atoms with van der Waals surface area (Å²) in [6, 6.07) is 7.62. The molecule has 1 aliphatic carbocycles. The minimum Gasteiger partial charge on any atom is -0.352 e. The first-order valence-corrected chi connectivity index (χ1v) is 7.19. The van der Waals surface area contributed by atoms with Gasteiger partial charge in [-0.25, -0.2) is 0 Å². The van der Waals surface area contributed by atoms with Crippen LogP contribution in [0.5, 0.6) is 0 Å². The van der Waals surface area contributed by atoms with Crippen molar-refractivity contribution >= 4 is 11.7 Å². The molecule has 0 heterocycles. The second-order valence-electron chi connectivity index (χ2n) is 5.58. The zero-order valence-corrected chi connectivity index (χ0v) is 11.9. The number of carbonyl (C=O) groups excluding carboxylic acids is 2. The van der Waals surface area contributed by atoms with Crippen molar-refractivity contribution in [2.24, 2.45) is 11.7 Å². The van der Waals surface area contributed by atoms with Gasteiger partial charge in [0, 0.05) is 24.1 Å². The molecule has 4 heteroatoms. The molecule has 0 aliphatic heterocycles. The number of benzene rings is 1. The molecule has 1 saturated carbocycles. The molecule has 0 bridgehead atoms. The van der Waals surface area contributed by atoms with Gasteiger partial charge in [0.15, 0.2) is 5.78 Å². The molecule has 1 aromatic carbocycles. The molecule has 1 amide bonds. The van der Waals surface area contributed by atoms with Gasteiger partial charge in [-0.15, -0.1) is 0 Å². The number of amides is 1. The molecule has 3 N–H and O–H groups in total. The van der Waals surface area contributed by atoms with Crippen LogP contribution >= 0.6 is 0 Å². The van der Waals surface area contributed by atoms with Gasteiger partial charge in [-0.1, -0.05) is 24.3 Å². The molecule has 4 nitrogen and oxygen atoms in total. The average molecular weight is 274 g/mol. The summed E-state index contributed by atoms with van der Waals surface area (Å²) in [4.78, 5) is 23.2. The van der Waals surface area contributed by atoms with Crippen molar-refractivity contribution in [3.63, 3.8) is 0 Å². The Balaban J connectivity index is 1.82. The van der Waals surface area contributed by atoms with Crippen molar-refractivity contribution < 1.29 is 9.59 Å². The molecule has 1 aromatic rings. The second kappa shape index (κ2) is 6.66. The third-order valence-electron chi connectivity index (χ3n) is 3.97. The van der Waals surface area contributed by atoms with E-state index in [1.54, 1.807) is 19.1 Å². The fraction of sp³-hybridized carbons (Fsp3) is 0.500. The minimum absolute atomic E-state index is 0.0547. The predicted molar refractivity (Wildman–Crippen MR) is 78.2 cm³/mol.